The van der Waals surface area contributed by atoms with Crippen LogP contribution in [0, 0.1) is 0 Å². The molecule has 1 spiro atoms. The third-order valence-corrected chi connectivity index (χ3v) is 9.12. The van der Waals surface area contributed by atoms with Crippen LogP contribution in [0.25, 0.3) is 56.2 Å². The molecule has 2 nitrogen and oxygen atoms in total. The highest BCUT2D eigenvalue weighted by molar-refractivity contribution is 5.95. The average Bonchev–Trinajstić information content (AvgIpc) is 3.56. The van der Waals surface area contributed by atoms with E-state index < -0.39 is 0 Å². The van der Waals surface area contributed by atoms with E-state index >= 15 is 0 Å². The largest absolute Gasteiger partial charge is 0.228 e. The van der Waals surface area contributed by atoms with Gasteiger partial charge in [0.15, 0.2) is 5.82 Å². The van der Waals surface area contributed by atoms with Crippen LogP contribution in [0.2, 0.25) is 0 Å². The number of hydrogen-bond acceptors (Lipinski definition) is 2. The Morgan fingerprint density at radius 3 is 1.33 bits per heavy atom. The first-order chi connectivity index (χ1) is 21.3. The van der Waals surface area contributed by atoms with Gasteiger partial charge >= 0.3 is 0 Å². The van der Waals surface area contributed by atoms with Crippen LogP contribution in [0.3, 0.4) is 0 Å². The summed E-state index contributed by atoms with van der Waals surface area (Å²) in [6.45, 7) is 0. The van der Waals surface area contributed by atoms with Gasteiger partial charge in [-0.1, -0.05) is 146 Å². The smallest absolute Gasteiger partial charge is 0.160 e. The van der Waals surface area contributed by atoms with Crippen LogP contribution >= 0.6 is 0 Å². The Bertz CT molecular complexity index is 2060. The lowest BCUT2D eigenvalue weighted by Crippen LogP contribution is -2.25. The van der Waals surface area contributed by atoms with Crippen LogP contribution in [-0.4, -0.2) is 9.97 Å². The molecule has 0 N–H and O–H groups in total. The molecule has 0 bridgehead atoms. The van der Waals surface area contributed by atoms with E-state index in [9.17, 15) is 0 Å². The van der Waals surface area contributed by atoms with Crippen molar-refractivity contribution in [3.8, 4) is 56.2 Å². The van der Waals surface area contributed by atoms with Crippen molar-refractivity contribution in [3.63, 3.8) is 0 Å². The molecule has 7 aromatic rings. The minimum atomic E-state index is -0.382. The number of hydrogen-bond donors (Lipinski definition) is 0. The van der Waals surface area contributed by atoms with E-state index in [1.807, 2.05) is 24.3 Å². The van der Waals surface area contributed by atoms with Crippen molar-refractivity contribution in [3.05, 3.63) is 180 Å². The van der Waals surface area contributed by atoms with Crippen molar-refractivity contribution in [2.75, 3.05) is 0 Å². The van der Waals surface area contributed by atoms with Crippen molar-refractivity contribution in [2.45, 2.75) is 5.41 Å². The fourth-order valence-corrected chi connectivity index (χ4v) is 7.32. The summed E-state index contributed by atoms with van der Waals surface area (Å²) in [5.41, 5.74) is 15.2. The van der Waals surface area contributed by atoms with Crippen LogP contribution in [0.1, 0.15) is 22.3 Å². The third-order valence-electron chi connectivity index (χ3n) is 9.12. The van der Waals surface area contributed by atoms with Gasteiger partial charge in [-0.05, 0) is 56.6 Å². The maximum Gasteiger partial charge on any atom is 0.160 e. The molecule has 200 valence electrons. The molecule has 0 fully saturated rings. The molecule has 0 amide bonds. The Hall–Kier alpha value is -5.60. The van der Waals surface area contributed by atoms with Crippen molar-refractivity contribution in [1.82, 2.24) is 9.97 Å². The van der Waals surface area contributed by atoms with Gasteiger partial charge in [0.1, 0.15) is 0 Å². The standard InChI is InChI=1S/C41H26N2/c1-3-13-27(14-4-1)38-26-39(43-40(42-38)28-15-5-2-6-16-28)29-23-24-33-32-19-9-12-22-36(32)41(37(33)25-29)34-20-10-7-17-30(34)31-18-8-11-21-35(31)41/h1-26H. The fraction of sp³-hybridized carbons (Fsp3) is 0.0244. The number of fused-ring (bicyclic) bond motifs is 10. The number of nitrogens with zero attached hydrogens (tertiary/aromatic N) is 2. The number of benzene rings is 6. The molecule has 1 aromatic heterocycles. The summed E-state index contributed by atoms with van der Waals surface area (Å²) in [5, 5.41) is 0. The molecule has 0 atom stereocenters. The topological polar surface area (TPSA) is 25.8 Å². The zero-order valence-electron chi connectivity index (χ0n) is 23.4. The number of aromatic nitrogens is 2. The molecule has 6 aromatic carbocycles. The first kappa shape index (κ1) is 24.0. The van der Waals surface area contributed by atoms with Crippen LogP contribution in [0.15, 0.2) is 158 Å². The molecular formula is C41H26N2. The van der Waals surface area contributed by atoms with Gasteiger partial charge in [-0.25, -0.2) is 9.97 Å². The summed E-state index contributed by atoms with van der Waals surface area (Å²) in [6.07, 6.45) is 0. The van der Waals surface area contributed by atoms with Gasteiger partial charge < -0.3 is 0 Å². The fourth-order valence-electron chi connectivity index (χ4n) is 7.32. The Labute approximate surface area is 251 Å². The van der Waals surface area contributed by atoms with Crippen molar-refractivity contribution < 1.29 is 0 Å². The summed E-state index contributed by atoms with van der Waals surface area (Å²) >= 11 is 0. The molecule has 0 unspecified atom stereocenters. The molecule has 43 heavy (non-hydrogen) atoms. The zero-order valence-corrected chi connectivity index (χ0v) is 23.4. The molecule has 2 heteroatoms. The summed E-state index contributed by atoms with van der Waals surface area (Å²) in [6, 6.07) is 56.5. The van der Waals surface area contributed by atoms with Gasteiger partial charge in [-0.15, -0.1) is 0 Å². The monoisotopic (exact) mass is 546 g/mol. The second-order valence-electron chi connectivity index (χ2n) is 11.3. The van der Waals surface area contributed by atoms with Crippen LogP contribution in [0.4, 0.5) is 0 Å². The van der Waals surface area contributed by atoms with E-state index in [0.29, 0.717) is 0 Å². The van der Waals surface area contributed by atoms with E-state index in [4.69, 9.17) is 9.97 Å². The highest BCUT2D eigenvalue weighted by atomic mass is 14.9. The van der Waals surface area contributed by atoms with Gasteiger partial charge in [-0.2, -0.15) is 0 Å². The van der Waals surface area contributed by atoms with Gasteiger partial charge in [0, 0.05) is 16.7 Å². The zero-order chi connectivity index (χ0) is 28.4. The Kier molecular flexibility index (Phi) is 5.15. The third kappa shape index (κ3) is 3.41. The Morgan fingerprint density at radius 2 is 0.767 bits per heavy atom. The van der Waals surface area contributed by atoms with Gasteiger partial charge in [-0.3, -0.25) is 0 Å². The second kappa shape index (κ2) is 9.20. The summed E-state index contributed by atoms with van der Waals surface area (Å²) in [5.74, 6) is 0.729. The number of rotatable bonds is 3. The lowest BCUT2D eigenvalue weighted by atomic mass is 9.70. The van der Waals surface area contributed by atoms with E-state index in [-0.39, 0.29) is 5.41 Å². The normalized spacial score (nSPS) is 13.3. The van der Waals surface area contributed by atoms with Crippen LogP contribution in [-0.2, 0) is 5.41 Å². The Balaban J connectivity index is 1.32. The first-order valence-corrected chi connectivity index (χ1v) is 14.8. The molecule has 9 rings (SSSR count). The van der Waals surface area contributed by atoms with E-state index in [1.54, 1.807) is 0 Å². The molecule has 2 aliphatic rings. The van der Waals surface area contributed by atoms with Crippen LogP contribution in [0.5, 0.6) is 0 Å². The molecule has 2 aliphatic carbocycles. The molecule has 0 radical (unpaired) electrons. The van der Waals surface area contributed by atoms with Crippen molar-refractivity contribution in [2.24, 2.45) is 0 Å². The predicted octanol–water partition coefficient (Wildman–Crippen LogP) is 9.82. The first-order valence-electron chi connectivity index (χ1n) is 14.8. The van der Waals surface area contributed by atoms with E-state index in [2.05, 4.69) is 133 Å². The summed E-state index contributed by atoms with van der Waals surface area (Å²) < 4.78 is 0. The summed E-state index contributed by atoms with van der Waals surface area (Å²) in [4.78, 5) is 10.2. The molecule has 0 aliphatic heterocycles. The minimum absolute atomic E-state index is 0.382. The molecule has 1 heterocycles. The molecule has 0 saturated carbocycles. The second-order valence-corrected chi connectivity index (χ2v) is 11.3. The van der Waals surface area contributed by atoms with Crippen molar-refractivity contribution >= 4 is 0 Å². The van der Waals surface area contributed by atoms with E-state index in [0.717, 1.165) is 33.9 Å². The quantitative estimate of drug-likeness (QED) is 0.220. The van der Waals surface area contributed by atoms with Crippen molar-refractivity contribution in [1.29, 1.82) is 0 Å². The maximum absolute atomic E-state index is 5.17. The van der Waals surface area contributed by atoms with Gasteiger partial charge in [0.2, 0.25) is 0 Å². The molecular weight excluding hydrogens is 520 g/mol. The highest BCUT2D eigenvalue weighted by Crippen LogP contribution is 2.62. The predicted molar refractivity (Wildman–Crippen MR) is 175 cm³/mol. The maximum atomic E-state index is 5.17. The lowest BCUT2D eigenvalue weighted by molar-refractivity contribution is 0.794. The van der Waals surface area contributed by atoms with Gasteiger partial charge in [0.05, 0.1) is 16.8 Å². The minimum Gasteiger partial charge on any atom is -0.228 e. The van der Waals surface area contributed by atoms with Crippen LogP contribution < -0.4 is 0 Å². The lowest BCUT2D eigenvalue weighted by Gasteiger charge is -2.30. The highest BCUT2D eigenvalue weighted by Gasteiger charge is 2.51. The Morgan fingerprint density at radius 1 is 0.326 bits per heavy atom. The SMILES string of the molecule is c1ccc(-c2cc(-c3ccc4c(c3)C3(c5ccccc5-c5ccccc53)c3ccccc3-4)nc(-c3ccccc3)n2)cc1. The summed E-state index contributed by atoms with van der Waals surface area (Å²) in [7, 11) is 0. The van der Waals surface area contributed by atoms with Gasteiger partial charge in [0.25, 0.3) is 0 Å². The van der Waals surface area contributed by atoms with E-state index in [1.165, 1.54) is 44.5 Å². The molecule has 0 saturated heterocycles. The average molecular weight is 547 g/mol.